The van der Waals surface area contributed by atoms with E-state index >= 15 is 0 Å². The second-order valence-electron chi connectivity index (χ2n) is 15.8. The minimum atomic E-state index is -0.685. The van der Waals surface area contributed by atoms with Crippen LogP contribution in [0, 0.1) is 57.6 Å². The van der Waals surface area contributed by atoms with Crippen molar-refractivity contribution in [3.63, 3.8) is 0 Å². The molecule has 2 saturated heterocycles. The molecule has 4 aromatic heterocycles. The van der Waals surface area contributed by atoms with Crippen LogP contribution in [0.3, 0.4) is 0 Å². The SMILES string of the molecule is Cc1cc(C)c2c(N)nc(NC3CCN(Cc4c(F)cc(C#N)cc4F)CC3)nc2n1.Cc1cc(C)c2c(N)nc(NC3CCN(Cc4ccccc4C)CC3)nc2n1. The molecule has 8 rings (SSSR count). The van der Waals surface area contributed by atoms with Gasteiger partial charge in [0.05, 0.1) is 22.4 Å². The van der Waals surface area contributed by atoms with Crippen LogP contribution in [0.5, 0.6) is 0 Å². The Morgan fingerprint density at radius 2 is 1.10 bits per heavy atom. The normalized spacial score (nSPS) is 15.5. The fraction of sp³-hybridized carbons (Fsp3) is 0.386. The number of likely N-dealkylation sites (tertiary alicyclic amines) is 2. The molecular weight excluding hydrogens is 749 g/mol. The van der Waals surface area contributed by atoms with Crippen molar-refractivity contribution >= 4 is 45.6 Å². The van der Waals surface area contributed by atoms with Gasteiger partial charge >= 0.3 is 0 Å². The Bertz CT molecular complexity index is 2500. The molecule has 2 aliphatic rings. The van der Waals surface area contributed by atoms with Gasteiger partial charge in [-0.15, -0.1) is 0 Å². The van der Waals surface area contributed by atoms with E-state index in [0.717, 1.165) is 90.7 Å². The largest absolute Gasteiger partial charge is 0.383 e. The highest BCUT2D eigenvalue weighted by Crippen LogP contribution is 2.27. The number of nitrogens with two attached hydrogens (primary N) is 2. The van der Waals surface area contributed by atoms with Crippen LogP contribution in [0.4, 0.5) is 32.3 Å². The average molecular weight is 800 g/mol. The van der Waals surface area contributed by atoms with Crippen molar-refractivity contribution in [2.75, 3.05) is 48.3 Å². The molecule has 0 bridgehead atoms. The van der Waals surface area contributed by atoms with Crippen LogP contribution in [0.1, 0.15) is 70.5 Å². The molecule has 0 spiro atoms. The van der Waals surface area contributed by atoms with Gasteiger partial charge in [-0.1, -0.05) is 24.3 Å². The monoisotopic (exact) mass is 799 g/mol. The Kier molecular flexibility index (Phi) is 12.4. The summed E-state index contributed by atoms with van der Waals surface area (Å²) in [6.07, 6.45) is 3.66. The average Bonchev–Trinajstić information content (AvgIpc) is 3.18. The maximum atomic E-state index is 14.2. The van der Waals surface area contributed by atoms with Crippen molar-refractivity contribution in [3.8, 4) is 6.07 Å². The fourth-order valence-corrected chi connectivity index (χ4v) is 8.06. The number of benzene rings is 2. The van der Waals surface area contributed by atoms with Crippen LogP contribution in [0.25, 0.3) is 22.1 Å². The first-order valence-corrected chi connectivity index (χ1v) is 20.1. The summed E-state index contributed by atoms with van der Waals surface area (Å²) < 4.78 is 28.3. The number of aromatic nitrogens is 6. The lowest BCUT2D eigenvalue weighted by atomic mass is 10.0. The molecule has 2 aliphatic heterocycles. The van der Waals surface area contributed by atoms with Crippen LogP contribution in [0.2, 0.25) is 0 Å². The molecule has 0 saturated carbocycles. The van der Waals surface area contributed by atoms with Crippen LogP contribution < -0.4 is 22.1 Å². The second kappa shape index (κ2) is 17.8. The quantitative estimate of drug-likeness (QED) is 0.123. The third kappa shape index (κ3) is 9.78. The van der Waals surface area contributed by atoms with Crippen molar-refractivity contribution in [2.45, 2.75) is 85.5 Å². The van der Waals surface area contributed by atoms with Gasteiger partial charge in [-0.3, -0.25) is 9.80 Å². The Hall–Kier alpha value is -6.11. The van der Waals surface area contributed by atoms with Gasteiger partial charge in [0.15, 0.2) is 11.3 Å². The highest BCUT2D eigenvalue weighted by atomic mass is 19.1. The second-order valence-corrected chi connectivity index (χ2v) is 15.8. The van der Waals surface area contributed by atoms with E-state index in [9.17, 15) is 8.78 Å². The number of fused-ring (bicyclic) bond motifs is 2. The summed E-state index contributed by atoms with van der Waals surface area (Å²) in [5.74, 6) is 0.533. The molecular formula is C44H51F2N13. The van der Waals surface area contributed by atoms with E-state index in [-0.39, 0.29) is 23.7 Å². The van der Waals surface area contributed by atoms with Gasteiger partial charge in [0.2, 0.25) is 11.9 Å². The summed E-state index contributed by atoms with van der Waals surface area (Å²) in [6.45, 7) is 14.7. The van der Waals surface area contributed by atoms with E-state index in [1.54, 1.807) is 6.07 Å². The summed E-state index contributed by atoms with van der Waals surface area (Å²) in [6, 6.07) is 17.0. The van der Waals surface area contributed by atoms with Crippen LogP contribution >= 0.6 is 0 Å². The molecule has 15 heteroatoms. The van der Waals surface area contributed by atoms with Crippen molar-refractivity contribution in [2.24, 2.45) is 0 Å². The lowest BCUT2D eigenvalue weighted by Gasteiger charge is -2.32. The van der Waals surface area contributed by atoms with Gasteiger partial charge in [-0.05, 0) is 107 Å². The predicted octanol–water partition coefficient (Wildman–Crippen LogP) is 7.06. The first kappa shape index (κ1) is 41.1. The number of nitrogens with zero attached hydrogens (tertiary/aromatic N) is 9. The van der Waals surface area contributed by atoms with E-state index in [1.807, 2.05) is 44.7 Å². The van der Waals surface area contributed by atoms with Crippen LogP contribution in [0.15, 0.2) is 48.5 Å². The Morgan fingerprint density at radius 3 is 1.56 bits per heavy atom. The number of rotatable bonds is 8. The number of nitrogens with one attached hydrogen (secondary N) is 2. The molecule has 0 aliphatic carbocycles. The Balaban J connectivity index is 0.000000180. The zero-order valence-electron chi connectivity index (χ0n) is 34.3. The van der Waals surface area contributed by atoms with Gasteiger partial charge in [0.1, 0.15) is 23.3 Å². The van der Waals surface area contributed by atoms with Gasteiger partial charge in [-0.2, -0.15) is 25.2 Å². The number of piperidine rings is 2. The molecule has 6 heterocycles. The highest BCUT2D eigenvalue weighted by Gasteiger charge is 2.24. The first-order chi connectivity index (χ1) is 28.3. The molecule has 6 aromatic rings. The Morgan fingerprint density at radius 1 is 0.644 bits per heavy atom. The summed E-state index contributed by atoms with van der Waals surface area (Å²) in [5, 5.41) is 17.2. The number of pyridine rings is 2. The number of aryl methyl sites for hydroxylation is 5. The van der Waals surface area contributed by atoms with E-state index < -0.39 is 11.6 Å². The number of hydrogen-bond donors (Lipinski definition) is 4. The zero-order valence-corrected chi connectivity index (χ0v) is 34.3. The molecule has 0 radical (unpaired) electrons. The summed E-state index contributed by atoms with van der Waals surface area (Å²) in [4.78, 5) is 31.5. The topological polar surface area (TPSA) is 184 Å². The number of nitrogen functional groups attached to an aromatic ring is 2. The molecule has 306 valence electrons. The summed E-state index contributed by atoms with van der Waals surface area (Å²) >= 11 is 0. The van der Waals surface area contributed by atoms with Crippen molar-refractivity contribution in [1.82, 2.24) is 39.7 Å². The standard InChI is InChI=1S/C22H23F2N7.C22H28N6/c1-12-7-13(2)27-21-19(12)20(26)29-22(30-21)28-15-3-5-31(6-4-15)11-16-17(23)8-14(10-25)9-18(16)24;1-14-6-4-5-7-17(14)13-28-10-8-18(9-11-28)25-22-26-20(23)19-15(2)12-16(3)24-21(19)27-22/h7-9,15H,3-6,11H2,1-2H3,(H3,26,27,28,29,30);4-7,12,18H,8-11,13H2,1-3H3,(H3,23,24,25,26,27). The van der Waals surface area contributed by atoms with E-state index in [2.05, 4.69) is 76.6 Å². The smallest absolute Gasteiger partial charge is 0.226 e. The van der Waals surface area contributed by atoms with Crippen molar-refractivity contribution in [3.05, 3.63) is 105 Å². The summed E-state index contributed by atoms with van der Waals surface area (Å²) in [7, 11) is 0. The molecule has 6 N–H and O–H groups in total. The van der Waals surface area contributed by atoms with Crippen molar-refractivity contribution in [1.29, 1.82) is 5.26 Å². The van der Waals surface area contributed by atoms with Gasteiger partial charge in [0, 0.05) is 68.3 Å². The van der Waals surface area contributed by atoms with E-state index in [1.165, 1.54) is 11.1 Å². The number of halogens is 2. The number of hydrogen-bond acceptors (Lipinski definition) is 13. The Labute approximate surface area is 343 Å². The summed E-state index contributed by atoms with van der Waals surface area (Å²) in [5.41, 5.74) is 20.2. The molecule has 13 nitrogen and oxygen atoms in total. The molecule has 59 heavy (non-hydrogen) atoms. The van der Waals surface area contributed by atoms with E-state index in [4.69, 9.17) is 16.7 Å². The maximum Gasteiger partial charge on any atom is 0.226 e. The minimum Gasteiger partial charge on any atom is -0.383 e. The third-order valence-electron chi connectivity index (χ3n) is 11.2. The first-order valence-electron chi connectivity index (χ1n) is 20.1. The van der Waals surface area contributed by atoms with Crippen molar-refractivity contribution < 1.29 is 8.78 Å². The molecule has 0 amide bonds. The minimum absolute atomic E-state index is 0.00661. The predicted molar refractivity (Wildman–Crippen MR) is 229 cm³/mol. The lowest BCUT2D eigenvalue weighted by molar-refractivity contribution is 0.206. The molecule has 2 fully saturated rings. The van der Waals surface area contributed by atoms with Gasteiger partial charge < -0.3 is 22.1 Å². The third-order valence-corrected chi connectivity index (χ3v) is 11.2. The zero-order chi connectivity index (χ0) is 41.8. The molecule has 0 unspecified atom stereocenters. The van der Waals surface area contributed by atoms with E-state index in [0.29, 0.717) is 54.0 Å². The fourth-order valence-electron chi connectivity index (χ4n) is 8.06. The lowest BCUT2D eigenvalue weighted by Crippen LogP contribution is -2.39. The molecule has 2 aromatic carbocycles. The van der Waals surface area contributed by atoms with Gasteiger partial charge in [-0.25, -0.2) is 18.7 Å². The number of nitriles is 1. The highest BCUT2D eigenvalue weighted by molar-refractivity contribution is 5.90. The molecule has 0 atom stereocenters. The van der Waals surface area contributed by atoms with Crippen LogP contribution in [-0.4, -0.2) is 78.0 Å². The maximum absolute atomic E-state index is 14.2. The number of anilines is 4. The van der Waals surface area contributed by atoms with Crippen LogP contribution in [-0.2, 0) is 13.1 Å². The van der Waals surface area contributed by atoms with Gasteiger partial charge in [0.25, 0.3) is 0 Å².